The first kappa shape index (κ1) is 16.8. The fraction of sp³-hybridized carbons (Fsp3) is 0.941. The normalized spacial score (nSPS) is 35.7. The van der Waals surface area contributed by atoms with E-state index in [4.69, 9.17) is 0 Å². The van der Waals surface area contributed by atoms with Crippen molar-refractivity contribution in [2.45, 2.75) is 89.5 Å². The van der Waals surface area contributed by atoms with Crippen LogP contribution in [0.3, 0.4) is 0 Å². The Bertz CT molecular complexity index is 342. The lowest BCUT2D eigenvalue weighted by Crippen LogP contribution is -2.52. The van der Waals surface area contributed by atoms with E-state index in [0.29, 0.717) is 30.1 Å². The van der Waals surface area contributed by atoms with Gasteiger partial charge < -0.3 is 10.2 Å². The van der Waals surface area contributed by atoms with Gasteiger partial charge in [0.2, 0.25) is 5.91 Å². The molecule has 1 N–H and O–H groups in total. The highest BCUT2D eigenvalue weighted by atomic mass is 16.2. The van der Waals surface area contributed by atoms with Crippen LogP contribution in [0.4, 0.5) is 0 Å². The van der Waals surface area contributed by atoms with Gasteiger partial charge >= 0.3 is 0 Å². The Balaban J connectivity index is 1.93. The maximum atomic E-state index is 12.8. The number of hydrogen-bond acceptors (Lipinski definition) is 3. The van der Waals surface area contributed by atoms with Crippen molar-refractivity contribution in [2.75, 3.05) is 14.1 Å². The molecule has 122 valence electrons. The number of nitrogens with one attached hydrogen (secondary N) is 1. The molecule has 0 spiro atoms. The molecule has 4 heteroatoms. The van der Waals surface area contributed by atoms with Crippen molar-refractivity contribution in [1.82, 2.24) is 15.1 Å². The van der Waals surface area contributed by atoms with Crippen molar-refractivity contribution in [2.24, 2.45) is 0 Å². The molecule has 2 rings (SSSR count). The van der Waals surface area contributed by atoms with Crippen LogP contribution in [0.15, 0.2) is 0 Å². The molecule has 0 aromatic rings. The number of nitrogens with zero attached hydrogens (tertiary/aromatic N) is 2. The molecule has 2 aliphatic rings. The predicted molar refractivity (Wildman–Crippen MR) is 87.3 cm³/mol. The SMILES string of the molecule is CNC1CCC(N(C)C(=O)C(C)N2C(C)CCC2C)CC1. The van der Waals surface area contributed by atoms with E-state index >= 15 is 0 Å². The minimum atomic E-state index is 0.0181. The Morgan fingerprint density at radius 2 is 1.62 bits per heavy atom. The minimum absolute atomic E-state index is 0.0181. The standard InChI is InChI=1S/C17H33N3O/c1-12-6-7-13(2)20(12)14(3)17(21)19(5)16-10-8-15(18-4)9-11-16/h12-16,18H,6-11H2,1-5H3. The summed E-state index contributed by atoms with van der Waals surface area (Å²) in [5.41, 5.74) is 0. The molecule has 1 aliphatic heterocycles. The van der Waals surface area contributed by atoms with Crippen LogP contribution < -0.4 is 5.32 Å². The second-order valence-corrected chi connectivity index (χ2v) is 7.14. The molecule has 1 saturated heterocycles. The highest BCUT2D eigenvalue weighted by Gasteiger charge is 2.37. The van der Waals surface area contributed by atoms with Crippen LogP contribution in [0.1, 0.15) is 59.3 Å². The molecule has 21 heavy (non-hydrogen) atoms. The van der Waals surface area contributed by atoms with Crippen LogP contribution in [-0.2, 0) is 4.79 Å². The third kappa shape index (κ3) is 3.59. The van der Waals surface area contributed by atoms with Crippen molar-refractivity contribution in [3.05, 3.63) is 0 Å². The summed E-state index contributed by atoms with van der Waals surface area (Å²) in [6.07, 6.45) is 7.07. The van der Waals surface area contributed by atoms with Crippen LogP contribution in [0.5, 0.6) is 0 Å². The molecule has 2 fully saturated rings. The summed E-state index contributed by atoms with van der Waals surface area (Å²) in [5, 5.41) is 3.36. The van der Waals surface area contributed by atoms with Crippen molar-refractivity contribution in [3.63, 3.8) is 0 Å². The Morgan fingerprint density at radius 3 is 2.10 bits per heavy atom. The van der Waals surface area contributed by atoms with Gasteiger partial charge in [0.05, 0.1) is 6.04 Å². The molecule has 3 unspecified atom stereocenters. The predicted octanol–water partition coefficient (Wildman–Crippen LogP) is 2.24. The molecule has 0 aromatic carbocycles. The second-order valence-electron chi connectivity index (χ2n) is 7.14. The van der Waals surface area contributed by atoms with Crippen molar-refractivity contribution < 1.29 is 4.79 Å². The van der Waals surface area contributed by atoms with Crippen LogP contribution >= 0.6 is 0 Å². The van der Waals surface area contributed by atoms with Crippen molar-refractivity contribution in [1.29, 1.82) is 0 Å². The lowest BCUT2D eigenvalue weighted by molar-refractivity contribution is -0.138. The molecule has 0 radical (unpaired) electrons. The van der Waals surface area contributed by atoms with E-state index in [0.717, 1.165) is 12.8 Å². The molecule has 0 bridgehead atoms. The Morgan fingerprint density at radius 1 is 1.10 bits per heavy atom. The second kappa shape index (κ2) is 7.10. The number of likely N-dealkylation sites (tertiary alicyclic amines) is 1. The first-order chi connectivity index (χ1) is 9.95. The summed E-state index contributed by atoms with van der Waals surface area (Å²) in [6, 6.07) is 2.16. The quantitative estimate of drug-likeness (QED) is 0.864. The maximum absolute atomic E-state index is 12.8. The van der Waals surface area contributed by atoms with Gasteiger partial charge in [0, 0.05) is 31.2 Å². The fourth-order valence-electron chi connectivity index (χ4n) is 4.33. The van der Waals surface area contributed by atoms with E-state index in [1.807, 2.05) is 19.0 Å². The van der Waals surface area contributed by atoms with E-state index in [1.54, 1.807) is 0 Å². The van der Waals surface area contributed by atoms with E-state index in [2.05, 4.69) is 31.0 Å². The molecule has 0 aromatic heterocycles. The highest BCUT2D eigenvalue weighted by Crippen LogP contribution is 2.28. The van der Waals surface area contributed by atoms with Crippen molar-refractivity contribution >= 4 is 5.91 Å². The van der Waals surface area contributed by atoms with Gasteiger partial charge in [-0.1, -0.05) is 0 Å². The lowest BCUT2D eigenvalue weighted by Gasteiger charge is -2.39. The van der Waals surface area contributed by atoms with Gasteiger partial charge in [-0.2, -0.15) is 0 Å². The number of hydrogen-bond donors (Lipinski definition) is 1. The number of carbonyl (C=O) groups excluding carboxylic acids is 1. The van der Waals surface area contributed by atoms with Crippen LogP contribution in [0.25, 0.3) is 0 Å². The summed E-state index contributed by atoms with van der Waals surface area (Å²) in [7, 11) is 4.05. The largest absolute Gasteiger partial charge is 0.341 e. The van der Waals surface area contributed by atoms with Gasteiger partial charge in [-0.25, -0.2) is 0 Å². The van der Waals surface area contributed by atoms with Crippen LogP contribution in [0.2, 0.25) is 0 Å². The first-order valence-electron chi connectivity index (χ1n) is 8.67. The molecule has 1 amide bonds. The average Bonchev–Trinajstić information content (AvgIpc) is 2.84. The van der Waals surface area contributed by atoms with Gasteiger partial charge in [-0.15, -0.1) is 0 Å². The van der Waals surface area contributed by atoms with E-state index < -0.39 is 0 Å². The Hall–Kier alpha value is -0.610. The summed E-state index contributed by atoms with van der Waals surface area (Å²) in [6.45, 7) is 6.60. The Kier molecular flexibility index (Phi) is 5.67. The Labute approximate surface area is 130 Å². The van der Waals surface area contributed by atoms with Gasteiger partial charge in [0.15, 0.2) is 0 Å². The topological polar surface area (TPSA) is 35.6 Å². The fourth-order valence-corrected chi connectivity index (χ4v) is 4.33. The highest BCUT2D eigenvalue weighted by molar-refractivity contribution is 5.81. The molecule has 4 nitrogen and oxygen atoms in total. The average molecular weight is 295 g/mol. The molecular weight excluding hydrogens is 262 g/mol. The molecule has 1 aliphatic carbocycles. The zero-order chi connectivity index (χ0) is 15.6. The third-order valence-electron chi connectivity index (χ3n) is 5.83. The van der Waals surface area contributed by atoms with Gasteiger partial charge in [0.1, 0.15) is 0 Å². The molecular formula is C17H33N3O. The lowest BCUT2D eigenvalue weighted by atomic mass is 9.90. The van der Waals surface area contributed by atoms with Gasteiger partial charge in [0.25, 0.3) is 0 Å². The monoisotopic (exact) mass is 295 g/mol. The zero-order valence-electron chi connectivity index (χ0n) is 14.4. The maximum Gasteiger partial charge on any atom is 0.239 e. The summed E-state index contributed by atoms with van der Waals surface area (Å²) < 4.78 is 0. The molecule has 3 atom stereocenters. The van der Waals surface area contributed by atoms with E-state index in [9.17, 15) is 4.79 Å². The summed E-state index contributed by atoms with van der Waals surface area (Å²) in [4.78, 5) is 17.3. The number of rotatable bonds is 4. The zero-order valence-corrected chi connectivity index (χ0v) is 14.4. The molecule has 1 heterocycles. The van der Waals surface area contributed by atoms with Crippen LogP contribution in [-0.4, -0.2) is 60.0 Å². The third-order valence-corrected chi connectivity index (χ3v) is 5.83. The summed E-state index contributed by atoms with van der Waals surface area (Å²) >= 11 is 0. The number of carbonyl (C=O) groups is 1. The molecule has 1 saturated carbocycles. The minimum Gasteiger partial charge on any atom is -0.341 e. The van der Waals surface area contributed by atoms with E-state index in [1.165, 1.54) is 25.7 Å². The first-order valence-corrected chi connectivity index (χ1v) is 8.67. The van der Waals surface area contributed by atoms with Gasteiger partial charge in [-0.3, -0.25) is 9.69 Å². The van der Waals surface area contributed by atoms with E-state index in [-0.39, 0.29) is 6.04 Å². The van der Waals surface area contributed by atoms with Gasteiger partial charge in [-0.05, 0) is 66.3 Å². The summed E-state index contributed by atoms with van der Waals surface area (Å²) in [5.74, 6) is 0.309. The number of amides is 1. The number of likely N-dealkylation sites (N-methyl/N-ethyl adjacent to an activating group) is 1. The van der Waals surface area contributed by atoms with Crippen molar-refractivity contribution in [3.8, 4) is 0 Å². The smallest absolute Gasteiger partial charge is 0.239 e. The van der Waals surface area contributed by atoms with Crippen LogP contribution in [0, 0.1) is 0 Å².